The van der Waals surface area contributed by atoms with Crippen LogP contribution in [0.4, 0.5) is 0 Å². The van der Waals surface area contributed by atoms with Crippen molar-refractivity contribution in [1.29, 1.82) is 0 Å². The van der Waals surface area contributed by atoms with Crippen LogP contribution in [-0.4, -0.2) is 37.6 Å². The van der Waals surface area contributed by atoms with Gasteiger partial charge in [-0.25, -0.2) is 0 Å². The molecule has 0 aromatic rings. The van der Waals surface area contributed by atoms with E-state index in [4.69, 9.17) is 0 Å². The van der Waals surface area contributed by atoms with Crippen LogP contribution >= 0.6 is 0 Å². The van der Waals surface area contributed by atoms with E-state index in [2.05, 4.69) is 24.1 Å². The summed E-state index contributed by atoms with van der Waals surface area (Å²) >= 11 is 0. The summed E-state index contributed by atoms with van der Waals surface area (Å²) in [6, 6.07) is 0.764. The lowest BCUT2D eigenvalue weighted by molar-refractivity contribution is 0.141. The zero-order chi connectivity index (χ0) is 9.68. The summed E-state index contributed by atoms with van der Waals surface area (Å²) in [7, 11) is 2.03. The Morgan fingerprint density at radius 3 is 2.54 bits per heavy atom. The van der Waals surface area contributed by atoms with Crippen molar-refractivity contribution in [3.05, 3.63) is 0 Å². The van der Waals surface area contributed by atoms with Crippen molar-refractivity contribution in [2.75, 3.05) is 26.7 Å². The molecule has 0 bridgehead atoms. The van der Waals surface area contributed by atoms with E-state index in [1.165, 1.54) is 32.4 Å². The SMILES string of the molecule is CNCCC(C)N1CCC(C)CC1. The first-order valence-corrected chi connectivity index (χ1v) is 5.62. The number of nitrogens with one attached hydrogen (secondary N) is 1. The number of hydrogen-bond donors (Lipinski definition) is 1. The highest BCUT2D eigenvalue weighted by atomic mass is 15.2. The summed E-state index contributed by atoms with van der Waals surface area (Å²) in [5.74, 6) is 0.952. The van der Waals surface area contributed by atoms with E-state index in [9.17, 15) is 0 Å². The van der Waals surface area contributed by atoms with Crippen LogP contribution in [0.2, 0.25) is 0 Å². The van der Waals surface area contributed by atoms with Crippen LogP contribution in [0.25, 0.3) is 0 Å². The number of piperidine rings is 1. The van der Waals surface area contributed by atoms with Gasteiger partial charge in [-0.1, -0.05) is 6.92 Å². The second kappa shape index (κ2) is 5.61. The molecule has 0 spiro atoms. The number of nitrogens with zero attached hydrogens (tertiary/aromatic N) is 1. The zero-order valence-electron chi connectivity index (χ0n) is 9.34. The van der Waals surface area contributed by atoms with Gasteiger partial charge in [-0.15, -0.1) is 0 Å². The van der Waals surface area contributed by atoms with Crippen LogP contribution in [0.15, 0.2) is 0 Å². The molecule has 0 radical (unpaired) electrons. The Morgan fingerprint density at radius 1 is 1.38 bits per heavy atom. The van der Waals surface area contributed by atoms with Gasteiger partial charge in [-0.3, -0.25) is 0 Å². The quantitative estimate of drug-likeness (QED) is 0.715. The minimum atomic E-state index is 0.764. The maximum atomic E-state index is 3.22. The van der Waals surface area contributed by atoms with E-state index in [1.54, 1.807) is 0 Å². The molecule has 2 heteroatoms. The molecule has 1 aliphatic rings. The maximum Gasteiger partial charge on any atom is 0.00790 e. The zero-order valence-corrected chi connectivity index (χ0v) is 9.34. The molecule has 1 heterocycles. The molecule has 0 amide bonds. The lowest BCUT2D eigenvalue weighted by Gasteiger charge is -2.35. The monoisotopic (exact) mass is 184 g/mol. The fourth-order valence-electron chi connectivity index (χ4n) is 2.01. The van der Waals surface area contributed by atoms with Crippen molar-refractivity contribution in [3.8, 4) is 0 Å². The minimum Gasteiger partial charge on any atom is -0.320 e. The number of rotatable bonds is 4. The first-order chi connectivity index (χ1) is 6.24. The van der Waals surface area contributed by atoms with Crippen molar-refractivity contribution in [1.82, 2.24) is 10.2 Å². The Labute approximate surface area is 82.7 Å². The molecule has 0 aliphatic carbocycles. The third kappa shape index (κ3) is 3.65. The Bertz CT molecular complexity index is 128. The molecule has 1 aliphatic heterocycles. The third-order valence-corrected chi connectivity index (χ3v) is 3.25. The van der Waals surface area contributed by atoms with Gasteiger partial charge >= 0.3 is 0 Å². The average molecular weight is 184 g/mol. The van der Waals surface area contributed by atoms with Gasteiger partial charge in [0.1, 0.15) is 0 Å². The molecule has 1 N–H and O–H groups in total. The number of likely N-dealkylation sites (tertiary alicyclic amines) is 1. The molecule has 1 fully saturated rings. The summed E-state index contributed by atoms with van der Waals surface area (Å²) in [6.45, 7) is 8.49. The van der Waals surface area contributed by atoms with Gasteiger partial charge in [0.2, 0.25) is 0 Å². The Morgan fingerprint density at radius 2 is 2.00 bits per heavy atom. The summed E-state index contributed by atoms with van der Waals surface area (Å²) in [6.07, 6.45) is 4.07. The highest BCUT2D eigenvalue weighted by Crippen LogP contribution is 2.18. The molecule has 13 heavy (non-hydrogen) atoms. The van der Waals surface area contributed by atoms with Gasteiger partial charge in [0, 0.05) is 6.04 Å². The molecule has 0 aromatic carbocycles. The molecule has 1 rings (SSSR count). The Hall–Kier alpha value is -0.0800. The van der Waals surface area contributed by atoms with Crippen LogP contribution in [0.3, 0.4) is 0 Å². The second-order valence-electron chi connectivity index (χ2n) is 4.46. The van der Waals surface area contributed by atoms with Crippen molar-refractivity contribution < 1.29 is 0 Å². The highest BCUT2D eigenvalue weighted by molar-refractivity contribution is 4.74. The molecule has 78 valence electrons. The molecule has 1 atom stereocenters. The van der Waals surface area contributed by atoms with E-state index in [0.29, 0.717) is 0 Å². The maximum absolute atomic E-state index is 3.22. The highest BCUT2D eigenvalue weighted by Gasteiger charge is 2.19. The topological polar surface area (TPSA) is 15.3 Å². The van der Waals surface area contributed by atoms with Crippen molar-refractivity contribution >= 4 is 0 Å². The van der Waals surface area contributed by atoms with Crippen molar-refractivity contribution in [2.24, 2.45) is 5.92 Å². The molecular weight excluding hydrogens is 160 g/mol. The third-order valence-electron chi connectivity index (χ3n) is 3.25. The minimum absolute atomic E-state index is 0.764. The van der Waals surface area contributed by atoms with Gasteiger partial charge < -0.3 is 10.2 Å². The normalized spacial score (nSPS) is 23.3. The fraction of sp³-hybridized carbons (Fsp3) is 1.00. The van der Waals surface area contributed by atoms with Crippen molar-refractivity contribution in [2.45, 2.75) is 39.2 Å². The Balaban J connectivity index is 2.19. The molecule has 1 unspecified atom stereocenters. The smallest absolute Gasteiger partial charge is 0.00790 e. The predicted octanol–water partition coefficient (Wildman–Crippen LogP) is 1.72. The largest absolute Gasteiger partial charge is 0.320 e. The standard InChI is InChI=1S/C11H24N2/c1-10-5-8-13(9-6-10)11(2)4-7-12-3/h10-12H,4-9H2,1-3H3. The van der Waals surface area contributed by atoms with E-state index in [1.807, 2.05) is 7.05 Å². The lowest BCUT2D eigenvalue weighted by Crippen LogP contribution is -2.40. The second-order valence-corrected chi connectivity index (χ2v) is 4.46. The summed E-state index contributed by atoms with van der Waals surface area (Å²) in [4.78, 5) is 2.64. The lowest BCUT2D eigenvalue weighted by atomic mass is 9.97. The van der Waals surface area contributed by atoms with E-state index < -0.39 is 0 Å². The van der Waals surface area contributed by atoms with Gasteiger partial charge in [-0.05, 0) is 58.8 Å². The summed E-state index contributed by atoms with van der Waals surface area (Å²) in [5, 5.41) is 3.22. The number of hydrogen-bond acceptors (Lipinski definition) is 2. The van der Waals surface area contributed by atoms with Crippen LogP contribution in [0.1, 0.15) is 33.1 Å². The van der Waals surface area contributed by atoms with Crippen LogP contribution in [0.5, 0.6) is 0 Å². The van der Waals surface area contributed by atoms with Gasteiger partial charge in [0.05, 0.1) is 0 Å². The fourth-order valence-corrected chi connectivity index (χ4v) is 2.01. The van der Waals surface area contributed by atoms with E-state index >= 15 is 0 Å². The Kier molecular flexibility index (Phi) is 4.74. The summed E-state index contributed by atoms with van der Waals surface area (Å²) < 4.78 is 0. The van der Waals surface area contributed by atoms with Gasteiger partial charge in [-0.2, -0.15) is 0 Å². The van der Waals surface area contributed by atoms with Gasteiger partial charge in [0.25, 0.3) is 0 Å². The van der Waals surface area contributed by atoms with Crippen LogP contribution in [0, 0.1) is 5.92 Å². The van der Waals surface area contributed by atoms with Gasteiger partial charge in [0.15, 0.2) is 0 Å². The summed E-state index contributed by atoms with van der Waals surface area (Å²) in [5.41, 5.74) is 0. The first-order valence-electron chi connectivity index (χ1n) is 5.62. The predicted molar refractivity (Wildman–Crippen MR) is 58.0 cm³/mol. The van der Waals surface area contributed by atoms with E-state index in [0.717, 1.165) is 18.5 Å². The van der Waals surface area contributed by atoms with Crippen LogP contribution in [-0.2, 0) is 0 Å². The average Bonchev–Trinajstić information content (AvgIpc) is 2.15. The molecular formula is C11H24N2. The molecule has 1 saturated heterocycles. The molecule has 0 aromatic heterocycles. The molecule has 2 nitrogen and oxygen atoms in total. The first kappa shape index (κ1) is 11.0. The molecule has 0 saturated carbocycles. The van der Waals surface area contributed by atoms with Crippen molar-refractivity contribution in [3.63, 3.8) is 0 Å². The van der Waals surface area contributed by atoms with Crippen LogP contribution < -0.4 is 5.32 Å². The van der Waals surface area contributed by atoms with E-state index in [-0.39, 0.29) is 0 Å².